The van der Waals surface area contributed by atoms with Crippen LogP contribution in [0, 0.1) is 0 Å². The smallest absolute Gasteiger partial charge is 0.270 e. The van der Waals surface area contributed by atoms with Crippen molar-refractivity contribution in [3.63, 3.8) is 0 Å². The molecule has 0 saturated carbocycles. The van der Waals surface area contributed by atoms with E-state index < -0.39 is 11.8 Å². The summed E-state index contributed by atoms with van der Waals surface area (Å²) in [4.78, 5) is 26.7. The number of methoxy groups -OCH3 is 3. The van der Waals surface area contributed by atoms with Crippen LogP contribution >= 0.6 is 12.2 Å². The first-order chi connectivity index (χ1) is 13.9. The molecule has 0 radical (unpaired) electrons. The van der Waals surface area contributed by atoms with Gasteiger partial charge in [0.2, 0.25) is 5.75 Å². The molecule has 1 aliphatic rings. The summed E-state index contributed by atoms with van der Waals surface area (Å²) in [7, 11) is 4.30. The van der Waals surface area contributed by atoms with Crippen LogP contribution in [0.5, 0.6) is 23.0 Å². The third-order valence-corrected chi connectivity index (χ3v) is 4.53. The van der Waals surface area contributed by atoms with Crippen LogP contribution in [0.2, 0.25) is 0 Å². The zero-order valence-corrected chi connectivity index (χ0v) is 16.7. The zero-order chi connectivity index (χ0) is 21.1. The Kier molecular flexibility index (Phi) is 5.69. The van der Waals surface area contributed by atoms with Crippen LogP contribution in [0.4, 0.5) is 5.69 Å². The van der Waals surface area contributed by atoms with Gasteiger partial charge in [-0.25, -0.2) is 0 Å². The predicted octanol–water partition coefficient (Wildman–Crippen LogP) is 2.25. The first-order valence-corrected chi connectivity index (χ1v) is 8.81. The molecule has 0 atom stereocenters. The normalized spacial score (nSPS) is 15.3. The summed E-state index contributed by atoms with van der Waals surface area (Å²) < 4.78 is 15.3. The number of thiocarbonyl (C=S) groups is 1. The Morgan fingerprint density at radius 3 is 2.10 bits per heavy atom. The van der Waals surface area contributed by atoms with Crippen LogP contribution in [0.1, 0.15) is 5.56 Å². The summed E-state index contributed by atoms with van der Waals surface area (Å²) in [5.41, 5.74) is 0.772. The molecule has 2 aromatic carbocycles. The van der Waals surface area contributed by atoms with Crippen molar-refractivity contribution in [1.29, 1.82) is 0 Å². The van der Waals surface area contributed by atoms with Crippen molar-refractivity contribution in [2.75, 3.05) is 26.2 Å². The fourth-order valence-electron chi connectivity index (χ4n) is 2.79. The Hall–Kier alpha value is -3.59. The maximum Gasteiger partial charge on any atom is 0.270 e. The lowest BCUT2D eigenvalue weighted by Gasteiger charge is -2.29. The van der Waals surface area contributed by atoms with Crippen molar-refractivity contribution in [3.8, 4) is 23.0 Å². The monoisotopic (exact) mass is 414 g/mol. The summed E-state index contributed by atoms with van der Waals surface area (Å²) in [6.45, 7) is 0. The molecular weight excluding hydrogens is 396 g/mol. The molecular formula is C20H18N2O6S. The third kappa shape index (κ3) is 3.85. The molecule has 0 unspecified atom stereocenters. The van der Waals surface area contributed by atoms with E-state index in [1.807, 2.05) is 0 Å². The van der Waals surface area contributed by atoms with Gasteiger partial charge < -0.3 is 19.3 Å². The number of benzene rings is 2. The number of ether oxygens (including phenoxy) is 3. The Morgan fingerprint density at radius 1 is 1.00 bits per heavy atom. The number of amides is 2. The number of anilines is 1. The molecule has 1 saturated heterocycles. The number of phenols is 1. The lowest BCUT2D eigenvalue weighted by molar-refractivity contribution is -0.122. The predicted molar refractivity (Wildman–Crippen MR) is 110 cm³/mol. The Morgan fingerprint density at radius 2 is 1.59 bits per heavy atom. The van der Waals surface area contributed by atoms with Crippen molar-refractivity contribution in [2.24, 2.45) is 0 Å². The fourth-order valence-corrected chi connectivity index (χ4v) is 3.07. The van der Waals surface area contributed by atoms with E-state index in [4.69, 9.17) is 26.4 Å². The summed E-state index contributed by atoms with van der Waals surface area (Å²) in [5.74, 6) is -0.500. The van der Waals surface area contributed by atoms with Gasteiger partial charge in [-0.1, -0.05) is 0 Å². The quantitative estimate of drug-likeness (QED) is 0.440. The topological polar surface area (TPSA) is 97.3 Å². The highest BCUT2D eigenvalue weighted by Gasteiger charge is 2.34. The Bertz CT molecular complexity index is 991. The first-order valence-electron chi connectivity index (χ1n) is 8.40. The van der Waals surface area contributed by atoms with Crippen LogP contribution in [-0.2, 0) is 9.59 Å². The maximum absolute atomic E-state index is 13.0. The fraction of sp³-hybridized carbons (Fsp3) is 0.150. The van der Waals surface area contributed by atoms with Crippen LogP contribution in [0.25, 0.3) is 6.08 Å². The van der Waals surface area contributed by atoms with E-state index in [-0.39, 0.29) is 27.9 Å². The lowest BCUT2D eigenvalue weighted by Crippen LogP contribution is -2.54. The molecule has 1 aliphatic heterocycles. The standard InChI is InChI=1S/C20H18N2O6S/c1-26-13-6-4-12(5-7-13)22-19(25)14(18(24)21-20(22)29)8-11-9-15(27-2)17(23)16(10-11)28-3/h4-10,23H,1-3H3,(H,21,24,29). The molecule has 1 fully saturated rings. The molecule has 150 valence electrons. The van der Waals surface area contributed by atoms with E-state index in [0.29, 0.717) is 17.0 Å². The van der Waals surface area contributed by atoms with Gasteiger partial charge in [0.15, 0.2) is 16.6 Å². The molecule has 2 amide bonds. The molecule has 2 N–H and O–H groups in total. The van der Waals surface area contributed by atoms with Crippen molar-refractivity contribution in [3.05, 3.63) is 47.5 Å². The second-order valence-corrected chi connectivity index (χ2v) is 6.32. The largest absolute Gasteiger partial charge is 0.502 e. The van der Waals surface area contributed by atoms with Crippen LogP contribution < -0.4 is 24.4 Å². The number of aromatic hydroxyl groups is 1. The average molecular weight is 414 g/mol. The number of carbonyl (C=O) groups excluding carboxylic acids is 2. The minimum Gasteiger partial charge on any atom is -0.502 e. The molecule has 0 aromatic heterocycles. The van der Waals surface area contributed by atoms with Gasteiger partial charge in [0.25, 0.3) is 11.8 Å². The van der Waals surface area contributed by atoms with Gasteiger partial charge in [0.1, 0.15) is 11.3 Å². The number of hydrogen-bond donors (Lipinski definition) is 2. The number of carbonyl (C=O) groups is 2. The van der Waals surface area contributed by atoms with Gasteiger partial charge >= 0.3 is 0 Å². The van der Waals surface area contributed by atoms with E-state index >= 15 is 0 Å². The van der Waals surface area contributed by atoms with E-state index in [9.17, 15) is 14.7 Å². The highest BCUT2D eigenvalue weighted by molar-refractivity contribution is 7.80. The molecule has 9 heteroatoms. The van der Waals surface area contributed by atoms with Gasteiger partial charge in [-0.2, -0.15) is 0 Å². The molecule has 1 heterocycles. The van der Waals surface area contributed by atoms with Crippen LogP contribution in [-0.4, -0.2) is 43.4 Å². The highest BCUT2D eigenvalue weighted by atomic mass is 32.1. The number of hydrogen-bond acceptors (Lipinski definition) is 7. The summed E-state index contributed by atoms with van der Waals surface area (Å²) in [6.07, 6.45) is 1.38. The van der Waals surface area contributed by atoms with Crippen molar-refractivity contribution in [2.45, 2.75) is 0 Å². The Balaban J connectivity index is 2.03. The molecule has 29 heavy (non-hydrogen) atoms. The molecule has 0 aliphatic carbocycles. The lowest BCUT2D eigenvalue weighted by atomic mass is 10.1. The highest BCUT2D eigenvalue weighted by Crippen LogP contribution is 2.38. The van der Waals surface area contributed by atoms with Crippen molar-refractivity contribution < 1.29 is 28.9 Å². The molecule has 8 nitrogen and oxygen atoms in total. The molecule has 2 aromatic rings. The van der Waals surface area contributed by atoms with E-state index in [1.54, 1.807) is 24.3 Å². The molecule has 0 spiro atoms. The van der Waals surface area contributed by atoms with Gasteiger partial charge in [-0.05, 0) is 60.3 Å². The van der Waals surface area contributed by atoms with E-state index in [2.05, 4.69) is 5.32 Å². The first kappa shape index (κ1) is 20.2. The molecule has 0 bridgehead atoms. The van der Waals surface area contributed by atoms with Crippen LogP contribution in [0.15, 0.2) is 42.0 Å². The van der Waals surface area contributed by atoms with Crippen molar-refractivity contribution >= 4 is 40.9 Å². The zero-order valence-electron chi connectivity index (χ0n) is 15.9. The van der Waals surface area contributed by atoms with E-state index in [1.165, 1.54) is 44.4 Å². The number of nitrogens with one attached hydrogen (secondary N) is 1. The minimum atomic E-state index is -0.629. The summed E-state index contributed by atoms with van der Waals surface area (Å²) in [6, 6.07) is 9.64. The van der Waals surface area contributed by atoms with Gasteiger partial charge in [-0.3, -0.25) is 19.8 Å². The number of nitrogens with zero attached hydrogens (tertiary/aromatic N) is 1. The second-order valence-electron chi connectivity index (χ2n) is 5.93. The van der Waals surface area contributed by atoms with Gasteiger partial charge in [0.05, 0.1) is 27.0 Å². The third-order valence-electron chi connectivity index (χ3n) is 4.25. The number of phenolic OH excluding ortho intramolecular Hbond substituents is 1. The maximum atomic E-state index is 13.0. The Labute approximate surface area is 172 Å². The number of rotatable bonds is 5. The minimum absolute atomic E-state index is 0.0248. The van der Waals surface area contributed by atoms with Crippen LogP contribution in [0.3, 0.4) is 0 Å². The SMILES string of the molecule is COc1ccc(N2C(=O)C(=Cc3cc(OC)c(O)c(OC)c3)C(=O)NC2=S)cc1. The van der Waals surface area contributed by atoms with Gasteiger partial charge in [-0.15, -0.1) is 0 Å². The summed E-state index contributed by atoms with van der Waals surface area (Å²) in [5, 5.41) is 12.5. The summed E-state index contributed by atoms with van der Waals surface area (Å²) >= 11 is 5.18. The van der Waals surface area contributed by atoms with Crippen molar-refractivity contribution in [1.82, 2.24) is 5.32 Å². The molecule has 3 rings (SSSR count). The average Bonchev–Trinajstić information content (AvgIpc) is 2.72. The van der Waals surface area contributed by atoms with E-state index in [0.717, 1.165) is 0 Å². The second kappa shape index (κ2) is 8.19. The van der Waals surface area contributed by atoms with Gasteiger partial charge in [0, 0.05) is 0 Å².